The number of carbonyl (C=O) groups excluding carboxylic acids is 2. The molecule has 0 aromatic heterocycles. The fourth-order valence-corrected chi connectivity index (χ4v) is 5.48. The Kier molecular flexibility index (Phi) is 5.94. The molecule has 2 aliphatic rings. The molecule has 0 bridgehead atoms. The number of nitrogens with zero attached hydrogens (tertiary/aromatic N) is 1. The lowest BCUT2D eigenvalue weighted by Gasteiger charge is -2.30. The van der Waals surface area contributed by atoms with Gasteiger partial charge < -0.3 is 10.2 Å². The maximum Gasteiger partial charge on any atom is 0.251 e. The minimum Gasteiger partial charge on any atom is -0.345 e. The number of hydrogen-bond acceptors (Lipinski definition) is 3. The van der Waals surface area contributed by atoms with Crippen LogP contribution in [0.2, 0.25) is 5.02 Å². The molecule has 6 heteroatoms. The average molecular weight is 463 g/mol. The van der Waals surface area contributed by atoms with E-state index in [1.807, 2.05) is 48.5 Å². The molecule has 0 spiro atoms. The number of thioether (sulfide) groups is 1. The molecule has 1 atom stereocenters. The summed E-state index contributed by atoms with van der Waals surface area (Å²) in [6, 6.07) is 21.5. The standard InChI is InChI=1S/C26H23ClN2O2S/c27-20-11-8-17(9-12-20)15-29-23-14-19(10-13-24(23)32-16-25(29)30)26(31)28-22-7-3-5-18-4-1-2-6-21(18)22/h1-2,4,6,8-14,22H,3,5,7,15-16H2,(H,28,31). The summed E-state index contributed by atoms with van der Waals surface area (Å²) in [6.07, 6.45) is 3.05. The Morgan fingerprint density at radius 2 is 1.91 bits per heavy atom. The molecule has 3 aromatic carbocycles. The van der Waals surface area contributed by atoms with E-state index in [4.69, 9.17) is 11.6 Å². The summed E-state index contributed by atoms with van der Waals surface area (Å²) in [5, 5.41) is 3.88. The van der Waals surface area contributed by atoms with E-state index in [0.29, 0.717) is 22.9 Å². The minimum absolute atomic E-state index is 0.0182. The Balaban J connectivity index is 1.40. The molecule has 1 unspecified atom stereocenters. The topological polar surface area (TPSA) is 49.4 Å². The molecule has 1 aliphatic carbocycles. The predicted molar refractivity (Wildman–Crippen MR) is 129 cm³/mol. The Morgan fingerprint density at radius 1 is 1.09 bits per heavy atom. The van der Waals surface area contributed by atoms with E-state index in [1.54, 1.807) is 4.90 Å². The normalized spacial score (nSPS) is 17.5. The average Bonchev–Trinajstić information content (AvgIpc) is 2.82. The van der Waals surface area contributed by atoms with Crippen molar-refractivity contribution in [1.82, 2.24) is 5.32 Å². The van der Waals surface area contributed by atoms with E-state index in [9.17, 15) is 9.59 Å². The highest BCUT2D eigenvalue weighted by atomic mass is 35.5. The van der Waals surface area contributed by atoms with Gasteiger partial charge in [0.15, 0.2) is 0 Å². The maximum absolute atomic E-state index is 13.2. The molecule has 32 heavy (non-hydrogen) atoms. The summed E-state index contributed by atoms with van der Waals surface area (Å²) in [5.41, 5.74) is 4.88. The lowest BCUT2D eigenvalue weighted by molar-refractivity contribution is -0.116. The summed E-state index contributed by atoms with van der Waals surface area (Å²) in [4.78, 5) is 28.7. The predicted octanol–water partition coefficient (Wildman–Crippen LogP) is 5.79. The first kappa shape index (κ1) is 21.1. The molecule has 0 saturated carbocycles. The molecule has 0 fully saturated rings. The minimum atomic E-state index is -0.107. The fourth-order valence-electron chi connectivity index (χ4n) is 4.43. The van der Waals surface area contributed by atoms with E-state index >= 15 is 0 Å². The van der Waals surface area contributed by atoms with Gasteiger partial charge in [-0.1, -0.05) is 48.0 Å². The van der Waals surface area contributed by atoms with Crippen LogP contribution in [-0.2, 0) is 17.8 Å². The van der Waals surface area contributed by atoms with Gasteiger partial charge in [0.05, 0.1) is 24.0 Å². The number of benzene rings is 3. The largest absolute Gasteiger partial charge is 0.345 e. The lowest BCUT2D eigenvalue weighted by Crippen LogP contribution is -2.35. The summed E-state index contributed by atoms with van der Waals surface area (Å²) in [7, 11) is 0. The zero-order valence-corrected chi connectivity index (χ0v) is 19.1. The van der Waals surface area contributed by atoms with Gasteiger partial charge in [0.25, 0.3) is 5.91 Å². The monoisotopic (exact) mass is 462 g/mol. The zero-order valence-electron chi connectivity index (χ0n) is 17.5. The zero-order chi connectivity index (χ0) is 22.1. The number of rotatable bonds is 4. The molecule has 1 aliphatic heterocycles. The van der Waals surface area contributed by atoms with Crippen LogP contribution in [0.15, 0.2) is 71.6 Å². The van der Waals surface area contributed by atoms with Crippen molar-refractivity contribution >= 4 is 40.9 Å². The molecule has 5 rings (SSSR count). The quantitative estimate of drug-likeness (QED) is 0.534. The van der Waals surface area contributed by atoms with E-state index in [-0.39, 0.29) is 17.9 Å². The van der Waals surface area contributed by atoms with Gasteiger partial charge in [-0.25, -0.2) is 0 Å². The number of nitrogens with one attached hydrogen (secondary N) is 1. The molecule has 0 radical (unpaired) electrons. The van der Waals surface area contributed by atoms with Gasteiger partial charge in [-0.3, -0.25) is 9.59 Å². The first-order chi connectivity index (χ1) is 15.6. The van der Waals surface area contributed by atoms with Crippen molar-refractivity contribution in [2.24, 2.45) is 0 Å². The van der Waals surface area contributed by atoms with Crippen LogP contribution in [-0.4, -0.2) is 17.6 Å². The van der Waals surface area contributed by atoms with Gasteiger partial charge in [-0.15, -0.1) is 11.8 Å². The molecule has 4 nitrogen and oxygen atoms in total. The highest BCUT2D eigenvalue weighted by Gasteiger charge is 2.27. The van der Waals surface area contributed by atoms with E-state index in [0.717, 1.165) is 35.4 Å². The summed E-state index contributed by atoms with van der Waals surface area (Å²) in [5.74, 6) is 0.325. The molecule has 1 N–H and O–H groups in total. The highest BCUT2D eigenvalue weighted by Crippen LogP contribution is 2.37. The second-order valence-electron chi connectivity index (χ2n) is 8.19. The molecular weight excluding hydrogens is 440 g/mol. The van der Waals surface area contributed by atoms with Crippen LogP contribution in [0.1, 0.15) is 45.9 Å². The van der Waals surface area contributed by atoms with Crippen LogP contribution >= 0.6 is 23.4 Å². The number of anilines is 1. The third-order valence-electron chi connectivity index (χ3n) is 6.09. The Morgan fingerprint density at radius 3 is 2.75 bits per heavy atom. The SMILES string of the molecule is O=C(NC1CCCc2ccccc21)c1ccc2c(c1)N(Cc1ccc(Cl)cc1)C(=O)CS2. The van der Waals surface area contributed by atoms with Crippen LogP contribution in [0.3, 0.4) is 0 Å². The second-order valence-corrected chi connectivity index (χ2v) is 9.65. The maximum atomic E-state index is 13.2. The number of halogens is 1. The second kappa shape index (κ2) is 9.00. The summed E-state index contributed by atoms with van der Waals surface area (Å²) in [6.45, 7) is 0.449. The number of amides is 2. The molecule has 0 saturated heterocycles. The van der Waals surface area contributed by atoms with Crippen molar-refractivity contribution in [3.63, 3.8) is 0 Å². The Labute approximate surface area is 197 Å². The van der Waals surface area contributed by atoms with Crippen LogP contribution in [0, 0.1) is 0 Å². The first-order valence-corrected chi connectivity index (χ1v) is 12.2. The van der Waals surface area contributed by atoms with E-state index < -0.39 is 0 Å². The van der Waals surface area contributed by atoms with Crippen molar-refractivity contribution in [3.05, 3.63) is 94.0 Å². The van der Waals surface area contributed by atoms with Crippen molar-refractivity contribution in [2.45, 2.75) is 36.7 Å². The Hall–Kier alpha value is -2.76. The third kappa shape index (κ3) is 4.27. The van der Waals surface area contributed by atoms with Gasteiger partial charge in [0.2, 0.25) is 5.91 Å². The highest BCUT2D eigenvalue weighted by molar-refractivity contribution is 8.00. The van der Waals surface area contributed by atoms with Crippen LogP contribution in [0.4, 0.5) is 5.69 Å². The number of carbonyl (C=O) groups is 2. The smallest absolute Gasteiger partial charge is 0.251 e. The van der Waals surface area contributed by atoms with Crippen molar-refractivity contribution in [1.29, 1.82) is 0 Å². The van der Waals surface area contributed by atoms with Crippen LogP contribution < -0.4 is 10.2 Å². The van der Waals surface area contributed by atoms with Gasteiger partial charge in [-0.2, -0.15) is 0 Å². The molecule has 3 aromatic rings. The van der Waals surface area contributed by atoms with E-state index in [2.05, 4.69) is 23.5 Å². The van der Waals surface area contributed by atoms with Crippen LogP contribution in [0.5, 0.6) is 0 Å². The van der Waals surface area contributed by atoms with Crippen molar-refractivity contribution in [3.8, 4) is 0 Å². The lowest BCUT2D eigenvalue weighted by atomic mass is 9.87. The number of hydrogen-bond donors (Lipinski definition) is 1. The fraction of sp³-hybridized carbons (Fsp3) is 0.231. The number of aryl methyl sites for hydroxylation is 1. The number of fused-ring (bicyclic) bond motifs is 2. The van der Waals surface area contributed by atoms with Crippen LogP contribution in [0.25, 0.3) is 0 Å². The van der Waals surface area contributed by atoms with Crippen molar-refractivity contribution < 1.29 is 9.59 Å². The molecule has 1 heterocycles. The Bertz CT molecular complexity index is 1180. The van der Waals surface area contributed by atoms with Gasteiger partial charge >= 0.3 is 0 Å². The van der Waals surface area contributed by atoms with E-state index in [1.165, 1.54) is 22.9 Å². The molecular formula is C26H23ClN2O2S. The summed E-state index contributed by atoms with van der Waals surface area (Å²) >= 11 is 7.52. The van der Waals surface area contributed by atoms with Gasteiger partial charge in [0.1, 0.15) is 0 Å². The van der Waals surface area contributed by atoms with Gasteiger partial charge in [-0.05, 0) is 66.3 Å². The van der Waals surface area contributed by atoms with Crippen molar-refractivity contribution in [2.75, 3.05) is 10.7 Å². The summed E-state index contributed by atoms with van der Waals surface area (Å²) < 4.78 is 0. The molecule has 2 amide bonds. The third-order valence-corrected chi connectivity index (χ3v) is 7.39. The first-order valence-electron chi connectivity index (χ1n) is 10.8. The van der Waals surface area contributed by atoms with Gasteiger partial charge in [0, 0.05) is 15.5 Å². The molecule has 162 valence electrons.